The van der Waals surface area contributed by atoms with Gasteiger partial charge in [0.15, 0.2) is 0 Å². The van der Waals surface area contributed by atoms with E-state index in [0.717, 1.165) is 18.6 Å². The van der Waals surface area contributed by atoms with Crippen LogP contribution in [-0.2, 0) is 0 Å². The Kier molecular flexibility index (Phi) is 3.34. The van der Waals surface area contributed by atoms with Crippen LogP contribution < -0.4 is 5.73 Å². The Hall–Kier alpha value is -0.0800. The molecular weight excluding hydrogens is 136 g/mol. The van der Waals surface area contributed by atoms with Crippen molar-refractivity contribution in [2.75, 3.05) is 13.1 Å². The van der Waals surface area contributed by atoms with Crippen molar-refractivity contribution in [2.24, 2.45) is 5.73 Å². The molecule has 0 radical (unpaired) electrons. The second kappa shape index (κ2) is 4.07. The summed E-state index contributed by atoms with van der Waals surface area (Å²) < 4.78 is 0. The van der Waals surface area contributed by atoms with E-state index in [9.17, 15) is 0 Å². The summed E-state index contributed by atoms with van der Waals surface area (Å²) in [5.74, 6) is 0. The maximum absolute atomic E-state index is 5.54. The molecule has 1 aliphatic heterocycles. The zero-order chi connectivity index (χ0) is 8.27. The van der Waals surface area contributed by atoms with Crippen LogP contribution in [0, 0.1) is 0 Å². The van der Waals surface area contributed by atoms with Crippen LogP contribution in [0.1, 0.15) is 33.1 Å². The maximum atomic E-state index is 5.54. The number of nitrogens with two attached hydrogens (primary N) is 1. The third-order valence-corrected chi connectivity index (χ3v) is 2.81. The maximum Gasteiger partial charge on any atom is 0.0107 e. The number of hydrogen-bond donors (Lipinski definition) is 1. The van der Waals surface area contributed by atoms with E-state index in [1.54, 1.807) is 0 Å². The second-order valence-electron chi connectivity index (χ2n) is 3.51. The van der Waals surface area contributed by atoms with Gasteiger partial charge in [0.1, 0.15) is 0 Å². The summed E-state index contributed by atoms with van der Waals surface area (Å²) in [4.78, 5) is 2.58. The van der Waals surface area contributed by atoms with E-state index < -0.39 is 0 Å². The van der Waals surface area contributed by atoms with Crippen molar-refractivity contribution < 1.29 is 0 Å². The van der Waals surface area contributed by atoms with E-state index in [1.165, 1.54) is 25.8 Å². The molecule has 0 aromatic heterocycles. The van der Waals surface area contributed by atoms with E-state index in [0.29, 0.717) is 0 Å². The van der Waals surface area contributed by atoms with Gasteiger partial charge in [-0.25, -0.2) is 0 Å². The van der Waals surface area contributed by atoms with E-state index in [-0.39, 0.29) is 0 Å². The summed E-state index contributed by atoms with van der Waals surface area (Å²) in [5.41, 5.74) is 5.54. The fourth-order valence-electron chi connectivity index (χ4n) is 1.88. The molecule has 1 fully saturated rings. The van der Waals surface area contributed by atoms with Crippen LogP contribution in [-0.4, -0.2) is 30.1 Å². The standard InChI is InChI=1S/C9H20N2/c1-3-9(4-6-10)11-7-5-8(11)2/h8-9H,3-7,10H2,1-2H3. The van der Waals surface area contributed by atoms with Crippen molar-refractivity contribution >= 4 is 0 Å². The summed E-state index contributed by atoms with van der Waals surface area (Å²) in [6.07, 6.45) is 3.80. The first-order valence-corrected chi connectivity index (χ1v) is 4.75. The smallest absolute Gasteiger partial charge is 0.0107 e. The van der Waals surface area contributed by atoms with Crippen molar-refractivity contribution in [3.63, 3.8) is 0 Å². The Morgan fingerprint density at radius 2 is 2.36 bits per heavy atom. The summed E-state index contributed by atoms with van der Waals surface area (Å²) in [5, 5.41) is 0. The topological polar surface area (TPSA) is 29.3 Å². The van der Waals surface area contributed by atoms with Gasteiger partial charge in [0.25, 0.3) is 0 Å². The van der Waals surface area contributed by atoms with Crippen LogP contribution in [0.2, 0.25) is 0 Å². The molecule has 1 saturated heterocycles. The first-order chi connectivity index (χ1) is 5.29. The van der Waals surface area contributed by atoms with Crippen LogP contribution in [0.3, 0.4) is 0 Å². The molecule has 0 aromatic rings. The zero-order valence-electron chi connectivity index (χ0n) is 7.71. The minimum absolute atomic E-state index is 0.753. The Labute approximate surface area is 69.8 Å². The summed E-state index contributed by atoms with van der Waals surface area (Å²) in [6.45, 7) is 6.69. The van der Waals surface area contributed by atoms with E-state index in [1.807, 2.05) is 0 Å². The molecule has 0 aliphatic carbocycles. The predicted molar refractivity (Wildman–Crippen MR) is 48.5 cm³/mol. The highest BCUT2D eigenvalue weighted by Gasteiger charge is 2.28. The van der Waals surface area contributed by atoms with Crippen molar-refractivity contribution in [1.29, 1.82) is 0 Å². The van der Waals surface area contributed by atoms with Gasteiger partial charge in [0.05, 0.1) is 0 Å². The van der Waals surface area contributed by atoms with E-state index in [2.05, 4.69) is 18.7 Å². The number of nitrogens with zero attached hydrogens (tertiary/aromatic N) is 1. The van der Waals surface area contributed by atoms with Gasteiger partial charge in [-0.3, -0.25) is 4.90 Å². The molecule has 11 heavy (non-hydrogen) atoms. The average molecular weight is 156 g/mol. The van der Waals surface area contributed by atoms with Crippen LogP contribution in [0.4, 0.5) is 0 Å². The predicted octanol–water partition coefficient (Wildman–Crippen LogP) is 1.21. The first kappa shape index (κ1) is 9.01. The third kappa shape index (κ3) is 1.94. The fourth-order valence-corrected chi connectivity index (χ4v) is 1.88. The average Bonchev–Trinajstić information content (AvgIpc) is 2.01. The van der Waals surface area contributed by atoms with Crippen molar-refractivity contribution in [3.8, 4) is 0 Å². The number of hydrogen-bond acceptors (Lipinski definition) is 2. The van der Waals surface area contributed by atoms with Crippen LogP contribution in [0.5, 0.6) is 0 Å². The molecular formula is C9H20N2. The Morgan fingerprint density at radius 3 is 2.64 bits per heavy atom. The summed E-state index contributed by atoms with van der Waals surface area (Å²) >= 11 is 0. The molecule has 1 aliphatic rings. The first-order valence-electron chi connectivity index (χ1n) is 4.75. The van der Waals surface area contributed by atoms with Gasteiger partial charge in [0.2, 0.25) is 0 Å². The molecule has 0 bridgehead atoms. The molecule has 0 saturated carbocycles. The zero-order valence-corrected chi connectivity index (χ0v) is 7.71. The molecule has 2 unspecified atom stereocenters. The van der Waals surface area contributed by atoms with Crippen LogP contribution >= 0.6 is 0 Å². The van der Waals surface area contributed by atoms with E-state index >= 15 is 0 Å². The quantitative estimate of drug-likeness (QED) is 0.663. The lowest BCUT2D eigenvalue weighted by molar-refractivity contribution is 0.0474. The summed E-state index contributed by atoms with van der Waals surface area (Å²) in [7, 11) is 0. The molecule has 66 valence electrons. The lowest BCUT2D eigenvalue weighted by Crippen LogP contribution is -2.51. The molecule has 2 nitrogen and oxygen atoms in total. The molecule has 0 spiro atoms. The molecule has 1 rings (SSSR count). The third-order valence-electron chi connectivity index (χ3n) is 2.81. The van der Waals surface area contributed by atoms with Gasteiger partial charge in [-0.1, -0.05) is 6.92 Å². The second-order valence-corrected chi connectivity index (χ2v) is 3.51. The Bertz CT molecular complexity index is 114. The monoisotopic (exact) mass is 156 g/mol. The SMILES string of the molecule is CCC(CCN)N1CCC1C. The number of rotatable bonds is 4. The van der Waals surface area contributed by atoms with Gasteiger partial charge in [-0.2, -0.15) is 0 Å². The molecule has 0 aromatic carbocycles. The van der Waals surface area contributed by atoms with Gasteiger partial charge >= 0.3 is 0 Å². The molecule has 0 amide bonds. The molecule has 1 heterocycles. The minimum atomic E-state index is 0.753. The lowest BCUT2D eigenvalue weighted by atomic mass is 9.98. The molecule has 2 N–H and O–H groups in total. The van der Waals surface area contributed by atoms with Crippen LogP contribution in [0.15, 0.2) is 0 Å². The van der Waals surface area contributed by atoms with Gasteiger partial charge in [-0.05, 0) is 32.7 Å². The van der Waals surface area contributed by atoms with Crippen molar-refractivity contribution in [2.45, 2.75) is 45.2 Å². The van der Waals surface area contributed by atoms with Gasteiger partial charge < -0.3 is 5.73 Å². The Morgan fingerprint density at radius 1 is 1.64 bits per heavy atom. The minimum Gasteiger partial charge on any atom is -0.330 e. The molecule has 2 atom stereocenters. The van der Waals surface area contributed by atoms with Crippen LogP contribution in [0.25, 0.3) is 0 Å². The largest absolute Gasteiger partial charge is 0.330 e. The Balaban J connectivity index is 2.29. The van der Waals surface area contributed by atoms with Gasteiger partial charge in [-0.15, -0.1) is 0 Å². The van der Waals surface area contributed by atoms with Crippen molar-refractivity contribution in [1.82, 2.24) is 4.90 Å². The normalized spacial score (nSPS) is 28.1. The van der Waals surface area contributed by atoms with Crippen molar-refractivity contribution in [3.05, 3.63) is 0 Å². The highest BCUT2D eigenvalue weighted by Crippen LogP contribution is 2.22. The molecule has 2 heteroatoms. The fraction of sp³-hybridized carbons (Fsp3) is 1.00. The summed E-state index contributed by atoms with van der Waals surface area (Å²) in [6, 6.07) is 1.57. The highest BCUT2D eigenvalue weighted by atomic mass is 15.2. The number of likely N-dealkylation sites (tertiary alicyclic amines) is 1. The lowest BCUT2D eigenvalue weighted by Gasteiger charge is -2.44. The van der Waals surface area contributed by atoms with E-state index in [4.69, 9.17) is 5.73 Å². The van der Waals surface area contributed by atoms with Gasteiger partial charge in [0, 0.05) is 18.6 Å². The highest BCUT2D eigenvalue weighted by molar-refractivity contribution is 4.84.